The van der Waals surface area contributed by atoms with Gasteiger partial charge in [0.1, 0.15) is 0 Å². The van der Waals surface area contributed by atoms with E-state index in [1.807, 2.05) is 38.1 Å². The molecule has 0 unspecified atom stereocenters. The summed E-state index contributed by atoms with van der Waals surface area (Å²) in [5, 5.41) is 6.20. The second-order valence-electron chi connectivity index (χ2n) is 5.57. The van der Waals surface area contributed by atoms with E-state index >= 15 is 0 Å². The van der Waals surface area contributed by atoms with E-state index in [0.717, 1.165) is 17.8 Å². The van der Waals surface area contributed by atoms with Crippen LogP contribution in [-0.2, 0) is 6.42 Å². The van der Waals surface area contributed by atoms with Crippen molar-refractivity contribution >= 4 is 23.0 Å². The van der Waals surface area contributed by atoms with Gasteiger partial charge in [0.25, 0.3) is 5.91 Å². The van der Waals surface area contributed by atoms with Crippen molar-refractivity contribution in [3.8, 4) is 0 Å². The van der Waals surface area contributed by atoms with E-state index in [-0.39, 0.29) is 11.9 Å². The van der Waals surface area contributed by atoms with E-state index in [9.17, 15) is 4.79 Å². The standard InChI is InChI=1S/C18H23N3O/c1-4-13-7-5-6-8-16(13)21-17-10-9-14(11-15(17)19)18(22)20-12(2)3/h5-12,21H,4,19H2,1-3H3,(H,20,22). The van der Waals surface area contributed by atoms with E-state index in [4.69, 9.17) is 5.73 Å². The molecule has 4 N–H and O–H groups in total. The minimum atomic E-state index is -0.109. The number of amides is 1. The first-order valence-corrected chi connectivity index (χ1v) is 7.56. The molecule has 2 rings (SSSR count). The Bertz CT molecular complexity index is 665. The van der Waals surface area contributed by atoms with Gasteiger partial charge in [-0.25, -0.2) is 0 Å². The quantitative estimate of drug-likeness (QED) is 0.737. The van der Waals surface area contributed by atoms with E-state index in [0.29, 0.717) is 11.3 Å². The zero-order chi connectivity index (χ0) is 16.1. The van der Waals surface area contributed by atoms with Crippen LogP contribution in [0.3, 0.4) is 0 Å². The van der Waals surface area contributed by atoms with Gasteiger partial charge >= 0.3 is 0 Å². The molecule has 116 valence electrons. The smallest absolute Gasteiger partial charge is 0.251 e. The first-order valence-electron chi connectivity index (χ1n) is 7.56. The monoisotopic (exact) mass is 297 g/mol. The third-order valence-corrected chi connectivity index (χ3v) is 3.40. The van der Waals surface area contributed by atoms with Gasteiger partial charge in [-0.05, 0) is 50.1 Å². The molecule has 2 aromatic carbocycles. The fraction of sp³-hybridized carbons (Fsp3) is 0.278. The number of nitrogens with two attached hydrogens (primary N) is 1. The summed E-state index contributed by atoms with van der Waals surface area (Å²) in [6.07, 6.45) is 0.942. The molecule has 0 aliphatic carbocycles. The SMILES string of the molecule is CCc1ccccc1Nc1ccc(C(=O)NC(C)C)cc1N. The predicted octanol–water partition coefficient (Wildman–Crippen LogP) is 3.71. The maximum absolute atomic E-state index is 12.0. The van der Waals surface area contributed by atoms with Crippen LogP contribution in [-0.4, -0.2) is 11.9 Å². The fourth-order valence-electron chi connectivity index (χ4n) is 2.26. The van der Waals surface area contributed by atoms with Gasteiger partial charge < -0.3 is 16.4 Å². The Morgan fingerprint density at radius 3 is 2.50 bits per heavy atom. The highest BCUT2D eigenvalue weighted by atomic mass is 16.1. The number of para-hydroxylation sites is 1. The van der Waals surface area contributed by atoms with Gasteiger partial charge in [0.05, 0.1) is 11.4 Å². The number of nitrogen functional groups attached to an aromatic ring is 1. The molecule has 2 aromatic rings. The lowest BCUT2D eigenvalue weighted by Crippen LogP contribution is -2.30. The van der Waals surface area contributed by atoms with Crippen LogP contribution in [0, 0.1) is 0 Å². The van der Waals surface area contributed by atoms with Crippen molar-refractivity contribution in [2.45, 2.75) is 33.2 Å². The molecule has 0 saturated heterocycles. The molecule has 4 nitrogen and oxygen atoms in total. The Balaban J connectivity index is 2.21. The first kappa shape index (κ1) is 15.9. The molecule has 0 aromatic heterocycles. The summed E-state index contributed by atoms with van der Waals surface area (Å²) in [4.78, 5) is 12.0. The zero-order valence-electron chi connectivity index (χ0n) is 13.3. The van der Waals surface area contributed by atoms with E-state index in [1.165, 1.54) is 5.56 Å². The number of carbonyl (C=O) groups excluding carboxylic acids is 1. The molecule has 0 aliphatic rings. The maximum atomic E-state index is 12.0. The number of hydrogen-bond donors (Lipinski definition) is 3. The predicted molar refractivity (Wildman–Crippen MR) is 92.6 cm³/mol. The lowest BCUT2D eigenvalue weighted by molar-refractivity contribution is 0.0943. The second kappa shape index (κ2) is 6.98. The lowest BCUT2D eigenvalue weighted by atomic mass is 10.1. The molecule has 0 saturated carbocycles. The highest BCUT2D eigenvalue weighted by molar-refractivity contribution is 5.96. The molecular formula is C18H23N3O. The molecular weight excluding hydrogens is 274 g/mol. The van der Waals surface area contributed by atoms with Crippen molar-refractivity contribution in [1.82, 2.24) is 5.32 Å². The van der Waals surface area contributed by atoms with Crippen LogP contribution in [0.2, 0.25) is 0 Å². The number of aryl methyl sites for hydroxylation is 1. The van der Waals surface area contributed by atoms with Crippen LogP contribution in [0.4, 0.5) is 17.1 Å². The van der Waals surface area contributed by atoms with E-state index in [1.54, 1.807) is 12.1 Å². The largest absolute Gasteiger partial charge is 0.397 e. The van der Waals surface area contributed by atoms with Gasteiger partial charge in [0.15, 0.2) is 0 Å². The molecule has 0 bridgehead atoms. The summed E-state index contributed by atoms with van der Waals surface area (Å²) in [5.74, 6) is -0.109. The van der Waals surface area contributed by atoms with Crippen molar-refractivity contribution in [2.75, 3.05) is 11.1 Å². The normalized spacial score (nSPS) is 10.5. The Morgan fingerprint density at radius 2 is 1.86 bits per heavy atom. The Labute approximate surface area is 131 Å². The lowest BCUT2D eigenvalue weighted by Gasteiger charge is -2.14. The average molecular weight is 297 g/mol. The van der Waals surface area contributed by atoms with E-state index in [2.05, 4.69) is 23.6 Å². The average Bonchev–Trinajstić information content (AvgIpc) is 2.49. The van der Waals surface area contributed by atoms with E-state index < -0.39 is 0 Å². The molecule has 0 atom stereocenters. The molecule has 22 heavy (non-hydrogen) atoms. The molecule has 0 radical (unpaired) electrons. The van der Waals surface area contributed by atoms with Gasteiger partial charge in [0.2, 0.25) is 0 Å². The van der Waals surface area contributed by atoms with Crippen LogP contribution in [0.15, 0.2) is 42.5 Å². The number of anilines is 3. The van der Waals surface area contributed by atoms with Crippen molar-refractivity contribution < 1.29 is 4.79 Å². The van der Waals surface area contributed by atoms with Crippen LogP contribution in [0.5, 0.6) is 0 Å². The van der Waals surface area contributed by atoms with Crippen molar-refractivity contribution in [3.63, 3.8) is 0 Å². The first-order chi connectivity index (χ1) is 10.5. The molecule has 0 aliphatic heterocycles. The Hall–Kier alpha value is -2.49. The second-order valence-corrected chi connectivity index (χ2v) is 5.57. The highest BCUT2D eigenvalue weighted by Crippen LogP contribution is 2.26. The van der Waals surface area contributed by atoms with Gasteiger partial charge in [-0.2, -0.15) is 0 Å². The van der Waals surface area contributed by atoms with Crippen molar-refractivity contribution in [3.05, 3.63) is 53.6 Å². The number of nitrogens with one attached hydrogen (secondary N) is 2. The third kappa shape index (κ3) is 3.79. The molecule has 4 heteroatoms. The minimum Gasteiger partial charge on any atom is -0.397 e. The Kier molecular flexibility index (Phi) is 5.04. The summed E-state index contributed by atoms with van der Waals surface area (Å²) < 4.78 is 0. The summed E-state index contributed by atoms with van der Waals surface area (Å²) in [6, 6.07) is 13.6. The Morgan fingerprint density at radius 1 is 1.14 bits per heavy atom. The molecule has 0 fully saturated rings. The molecule has 1 amide bonds. The number of benzene rings is 2. The highest BCUT2D eigenvalue weighted by Gasteiger charge is 2.10. The van der Waals surface area contributed by atoms with Crippen LogP contribution < -0.4 is 16.4 Å². The number of hydrogen-bond acceptors (Lipinski definition) is 3. The fourth-order valence-corrected chi connectivity index (χ4v) is 2.26. The summed E-state index contributed by atoms with van der Waals surface area (Å²) in [6.45, 7) is 5.97. The number of carbonyl (C=O) groups is 1. The maximum Gasteiger partial charge on any atom is 0.251 e. The van der Waals surface area contributed by atoms with Crippen molar-refractivity contribution in [1.29, 1.82) is 0 Å². The summed E-state index contributed by atoms with van der Waals surface area (Å²) in [5.41, 5.74) is 10.3. The van der Waals surface area contributed by atoms with Crippen LogP contribution >= 0.6 is 0 Å². The zero-order valence-corrected chi connectivity index (χ0v) is 13.3. The van der Waals surface area contributed by atoms with Gasteiger partial charge in [-0.1, -0.05) is 25.1 Å². The molecule has 0 heterocycles. The van der Waals surface area contributed by atoms with Gasteiger partial charge in [0, 0.05) is 17.3 Å². The topological polar surface area (TPSA) is 67.2 Å². The van der Waals surface area contributed by atoms with Gasteiger partial charge in [-0.15, -0.1) is 0 Å². The van der Waals surface area contributed by atoms with Crippen molar-refractivity contribution in [2.24, 2.45) is 0 Å². The number of rotatable bonds is 5. The van der Waals surface area contributed by atoms with Crippen LogP contribution in [0.1, 0.15) is 36.7 Å². The molecule has 0 spiro atoms. The minimum absolute atomic E-state index is 0.1000. The summed E-state index contributed by atoms with van der Waals surface area (Å²) in [7, 11) is 0. The van der Waals surface area contributed by atoms with Gasteiger partial charge in [-0.3, -0.25) is 4.79 Å². The van der Waals surface area contributed by atoms with Crippen LogP contribution in [0.25, 0.3) is 0 Å². The summed E-state index contributed by atoms with van der Waals surface area (Å²) >= 11 is 0. The third-order valence-electron chi connectivity index (χ3n) is 3.40.